The van der Waals surface area contributed by atoms with Crippen molar-refractivity contribution >= 4 is 71.7 Å². The van der Waals surface area contributed by atoms with E-state index in [1.165, 1.54) is 39.7 Å². The highest BCUT2D eigenvalue weighted by molar-refractivity contribution is 14.1. The van der Waals surface area contributed by atoms with Gasteiger partial charge in [0.25, 0.3) is 0 Å². The van der Waals surface area contributed by atoms with Crippen LogP contribution < -0.4 is 0 Å². The van der Waals surface area contributed by atoms with E-state index in [0.717, 1.165) is 21.5 Å². The van der Waals surface area contributed by atoms with Crippen LogP contribution in [0.25, 0.3) is 9.15 Å². The van der Waals surface area contributed by atoms with Gasteiger partial charge >= 0.3 is 0 Å². The molecule has 6 heteroatoms. The van der Waals surface area contributed by atoms with Crippen LogP contribution in [-0.4, -0.2) is 5.78 Å². The normalized spacial score (nSPS) is 13.2. The summed E-state index contributed by atoms with van der Waals surface area (Å²) in [6.45, 7) is 12.8. The average molecular weight is 821 g/mol. The lowest BCUT2D eigenvalue weighted by atomic mass is 10.0. The lowest BCUT2D eigenvalue weighted by molar-refractivity contribution is -0.120. The van der Waals surface area contributed by atoms with E-state index in [2.05, 4.69) is 127 Å². The predicted octanol–water partition coefficient (Wildman–Crippen LogP) is 12.5. The van der Waals surface area contributed by atoms with Crippen molar-refractivity contribution in [1.29, 1.82) is 10.5 Å². The second-order valence-corrected chi connectivity index (χ2v) is 12.4. The number of halogens is 3. The first-order valence-electron chi connectivity index (χ1n) is 13.7. The number of benzene rings is 3. The maximum Gasteiger partial charge on any atom is 0.133 e. The van der Waals surface area contributed by atoms with Gasteiger partial charge in [-0.25, -0.2) is 0 Å². The van der Waals surface area contributed by atoms with Gasteiger partial charge in [0.2, 0.25) is 0 Å². The third kappa shape index (κ3) is 23.4. The van der Waals surface area contributed by atoms with E-state index in [4.69, 9.17) is 22.1 Å². The molecule has 1 atom stereocenters. The number of carbonyl (C=O) groups excluding carboxylic acids is 1. The number of hydrogen-bond acceptors (Lipinski definition) is 3. The van der Waals surface area contributed by atoms with Crippen LogP contribution in [0.2, 0.25) is 0 Å². The van der Waals surface area contributed by atoms with Crippen molar-refractivity contribution in [3.63, 3.8) is 0 Å². The second-order valence-electron chi connectivity index (χ2n) is 9.15. The van der Waals surface area contributed by atoms with Crippen molar-refractivity contribution < 1.29 is 4.79 Å². The number of carbonyl (C=O) groups is 1. The molecule has 1 aliphatic carbocycles. The molecule has 0 aliphatic heterocycles. The molecule has 0 spiro atoms. The third-order valence-corrected chi connectivity index (χ3v) is 7.97. The van der Waals surface area contributed by atoms with E-state index in [1.807, 2.05) is 49.4 Å². The Morgan fingerprint density at radius 1 is 0.814 bits per heavy atom. The van der Waals surface area contributed by atoms with Gasteiger partial charge in [0.1, 0.15) is 5.78 Å². The van der Waals surface area contributed by atoms with Crippen molar-refractivity contribution in [3.05, 3.63) is 128 Å². The highest BCUT2D eigenvalue weighted by atomic mass is 127. The van der Waals surface area contributed by atoms with Gasteiger partial charge in [0.15, 0.2) is 0 Å². The van der Waals surface area contributed by atoms with E-state index in [0.29, 0.717) is 11.7 Å². The summed E-state index contributed by atoms with van der Waals surface area (Å²) in [6.07, 6.45) is 6.23. The number of Topliss-reactive ketones (excluding diaryl/α,β-unsaturated/α-hetero) is 1. The maximum absolute atomic E-state index is 10.8. The quantitative estimate of drug-likeness (QED) is 0.195. The number of rotatable bonds is 3. The Hall–Kier alpha value is -2.72. The molecular formula is C37H43ClI2N2O. The first-order valence-corrected chi connectivity index (χ1v) is 16.3. The molecule has 0 saturated carbocycles. The molecule has 1 unspecified atom stereocenters. The summed E-state index contributed by atoms with van der Waals surface area (Å²) >= 11 is 10.3. The van der Waals surface area contributed by atoms with Crippen LogP contribution in [-0.2, 0) is 4.79 Å². The summed E-state index contributed by atoms with van der Waals surface area (Å²) < 4.78 is 2.13. The summed E-state index contributed by atoms with van der Waals surface area (Å²) in [5, 5.41) is 14.6. The molecule has 0 saturated heterocycles. The fraction of sp³-hybridized carbons (Fsp3) is 0.270. The fourth-order valence-corrected chi connectivity index (χ4v) is 4.08. The highest BCUT2D eigenvalue weighted by Crippen LogP contribution is 2.25. The summed E-state index contributed by atoms with van der Waals surface area (Å²) in [6, 6.07) is 34.2. The van der Waals surface area contributed by atoms with Crippen LogP contribution in [0.4, 0.5) is 0 Å². The number of nitrogens with zero attached hydrogens (tertiary/aromatic N) is 2. The maximum atomic E-state index is 10.8. The van der Waals surface area contributed by atoms with Gasteiger partial charge in [-0.1, -0.05) is 126 Å². The second kappa shape index (κ2) is 28.1. The lowest BCUT2D eigenvalue weighted by Crippen LogP contribution is -2.05. The molecule has 0 heterocycles. The Labute approximate surface area is 292 Å². The van der Waals surface area contributed by atoms with Crippen molar-refractivity contribution in [2.75, 3.05) is 0 Å². The highest BCUT2D eigenvalue weighted by Gasteiger charge is 2.17. The molecule has 0 aromatic heterocycles. The Bertz CT molecular complexity index is 1320. The summed E-state index contributed by atoms with van der Waals surface area (Å²) in [4.78, 5) is 10.8. The Morgan fingerprint density at radius 2 is 1.21 bits per heavy atom. The molecule has 3 nitrogen and oxygen atoms in total. The van der Waals surface area contributed by atoms with Gasteiger partial charge in [0.05, 0.1) is 15.2 Å². The van der Waals surface area contributed by atoms with E-state index in [1.54, 1.807) is 19.1 Å². The third-order valence-electron chi connectivity index (χ3n) is 5.63. The SMILES string of the molecule is C/C(=C(/Cl)I)c1ccccc1.C/C=C(\I)c1ccccc1.CC#N.CC#N.CC(=O)C1CC=C(C)C1.Cc1ccccc1. The topological polar surface area (TPSA) is 64.7 Å². The van der Waals surface area contributed by atoms with Gasteiger partial charge in [0, 0.05) is 23.3 Å². The molecule has 0 fully saturated rings. The van der Waals surface area contributed by atoms with Crippen LogP contribution in [0.1, 0.15) is 71.1 Å². The van der Waals surface area contributed by atoms with E-state index in [-0.39, 0.29) is 0 Å². The van der Waals surface area contributed by atoms with Crippen molar-refractivity contribution in [1.82, 2.24) is 0 Å². The molecule has 0 bridgehead atoms. The molecular weight excluding hydrogens is 778 g/mol. The predicted molar refractivity (Wildman–Crippen MR) is 204 cm³/mol. The number of aryl methyl sites for hydroxylation is 1. The molecule has 1 aliphatic rings. The first-order chi connectivity index (χ1) is 20.5. The summed E-state index contributed by atoms with van der Waals surface area (Å²) in [5.74, 6) is 0.646. The Balaban J connectivity index is 0. The molecule has 0 radical (unpaired) electrons. The minimum absolute atomic E-state index is 0.310. The molecule has 43 heavy (non-hydrogen) atoms. The van der Waals surface area contributed by atoms with E-state index in [9.17, 15) is 4.79 Å². The Kier molecular flexibility index (Phi) is 27.7. The van der Waals surface area contributed by atoms with Gasteiger partial charge in [-0.3, -0.25) is 4.79 Å². The number of allylic oxidation sites excluding steroid dienone is 4. The minimum atomic E-state index is 0.310. The smallest absolute Gasteiger partial charge is 0.133 e. The number of ketones is 1. The van der Waals surface area contributed by atoms with Crippen molar-refractivity contribution in [2.45, 2.75) is 61.3 Å². The molecule has 3 aromatic rings. The largest absolute Gasteiger partial charge is 0.300 e. The van der Waals surface area contributed by atoms with Gasteiger partial charge in [-0.05, 0) is 109 Å². The van der Waals surface area contributed by atoms with Crippen LogP contribution in [0.5, 0.6) is 0 Å². The Morgan fingerprint density at radius 3 is 1.47 bits per heavy atom. The van der Waals surface area contributed by atoms with Crippen molar-refractivity contribution in [2.24, 2.45) is 5.92 Å². The van der Waals surface area contributed by atoms with Crippen LogP contribution in [0.3, 0.4) is 0 Å². The standard InChI is InChI=1S/C9H8ClI.C9H9I.C8H12O.C7H8.2C2H3N/c1-7(9(10)11)8-5-3-2-4-6-8;1-2-9(10)8-6-4-3-5-7-8;1-6-3-4-8(5-6)7(2)9;1-7-5-3-2-4-6-7;2*1-2-3/h2-6H,1H3;2-7H,1H3;3,8H,4-5H2,1-2H3;2-6H,1H3;2*1H3/b9-7+;9-2-;;;;. The number of nitriles is 2. The van der Waals surface area contributed by atoms with Crippen molar-refractivity contribution in [3.8, 4) is 12.1 Å². The van der Waals surface area contributed by atoms with Gasteiger partial charge in [-0.15, -0.1) is 0 Å². The molecule has 0 amide bonds. The summed E-state index contributed by atoms with van der Waals surface area (Å²) in [7, 11) is 0. The lowest BCUT2D eigenvalue weighted by Gasteiger charge is -2.01. The minimum Gasteiger partial charge on any atom is -0.300 e. The van der Waals surface area contributed by atoms with Gasteiger partial charge in [-0.2, -0.15) is 10.5 Å². The van der Waals surface area contributed by atoms with Crippen LogP contribution >= 0.6 is 56.8 Å². The van der Waals surface area contributed by atoms with Crippen LogP contribution in [0, 0.1) is 35.5 Å². The average Bonchev–Trinajstić information content (AvgIpc) is 3.46. The van der Waals surface area contributed by atoms with Crippen LogP contribution in [0.15, 0.2) is 112 Å². The van der Waals surface area contributed by atoms with Gasteiger partial charge < -0.3 is 0 Å². The number of hydrogen-bond donors (Lipinski definition) is 0. The van der Waals surface area contributed by atoms with E-state index >= 15 is 0 Å². The molecule has 4 rings (SSSR count). The first kappa shape index (κ1) is 42.4. The molecule has 3 aromatic carbocycles. The molecule has 0 N–H and O–H groups in total. The fourth-order valence-electron chi connectivity index (χ4n) is 3.30. The monoisotopic (exact) mass is 820 g/mol. The van der Waals surface area contributed by atoms with E-state index < -0.39 is 0 Å². The zero-order valence-electron chi connectivity index (χ0n) is 26.2. The zero-order valence-corrected chi connectivity index (χ0v) is 31.3. The molecule has 228 valence electrons. The summed E-state index contributed by atoms with van der Waals surface area (Å²) in [5.41, 5.74) is 6.31. The zero-order chi connectivity index (χ0) is 33.0.